The van der Waals surface area contributed by atoms with Gasteiger partial charge in [-0.3, -0.25) is 10.0 Å². The molecule has 12 heteroatoms. The summed E-state index contributed by atoms with van der Waals surface area (Å²) in [5.41, 5.74) is 1.64. The van der Waals surface area contributed by atoms with Gasteiger partial charge in [-0.25, -0.2) is 13.9 Å². The van der Waals surface area contributed by atoms with Crippen LogP contribution in [-0.2, 0) is 14.8 Å². The molecule has 2 aromatic rings. The fraction of sp³-hybridized carbons (Fsp3) is 0.435. The van der Waals surface area contributed by atoms with Crippen molar-refractivity contribution in [3.05, 3.63) is 48.5 Å². The fourth-order valence-electron chi connectivity index (χ4n) is 4.98. The third kappa shape index (κ3) is 5.71. The van der Waals surface area contributed by atoms with Gasteiger partial charge >= 0.3 is 6.36 Å². The highest BCUT2D eigenvalue weighted by Crippen LogP contribution is 2.42. The van der Waals surface area contributed by atoms with Gasteiger partial charge in [0.05, 0.1) is 4.90 Å². The molecule has 0 radical (unpaired) electrons. The highest BCUT2D eigenvalue weighted by molar-refractivity contribution is 7.89. The Morgan fingerprint density at radius 3 is 2.11 bits per heavy atom. The van der Waals surface area contributed by atoms with Crippen LogP contribution in [0.5, 0.6) is 17.2 Å². The lowest BCUT2D eigenvalue weighted by molar-refractivity contribution is -0.274. The molecule has 190 valence electrons. The van der Waals surface area contributed by atoms with Gasteiger partial charge in [0.2, 0.25) is 10.0 Å². The van der Waals surface area contributed by atoms with Crippen molar-refractivity contribution >= 4 is 15.9 Å². The van der Waals surface area contributed by atoms with E-state index in [1.807, 2.05) is 0 Å². The van der Waals surface area contributed by atoms with Crippen LogP contribution in [-0.4, -0.2) is 42.8 Å². The molecule has 3 unspecified atom stereocenters. The third-order valence-corrected chi connectivity index (χ3v) is 8.40. The molecule has 1 amide bonds. The average Bonchev–Trinajstić information content (AvgIpc) is 2.83. The number of hydrogen-bond donors (Lipinski definition) is 2. The molecule has 1 saturated heterocycles. The number of nitrogens with one attached hydrogen (secondary N) is 1. The first-order chi connectivity index (χ1) is 16.6. The predicted octanol–water partition coefficient (Wildman–Crippen LogP) is 4.45. The molecule has 0 aromatic heterocycles. The molecule has 0 spiro atoms. The van der Waals surface area contributed by atoms with Crippen molar-refractivity contribution in [1.82, 2.24) is 9.79 Å². The fourth-order valence-corrected chi connectivity index (χ4v) is 6.63. The number of hydrogen-bond acceptors (Lipinski definition) is 6. The van der Waals surface area contributed by atoms with Crippen LogP contribution in [0.1, 0.15) is 32.1 Å². The number of benzene rings is 2. The molecular weight excluding hydrogens is 489 g/mol. The lowest BCUT2D eigenvalue weighted by Crippen LogP contribution is -2.58. The standard InChI is InChI=1S/C23H25F3N2O6S/c24-23(25,26)34-18-7-5-16(6-8-18)33-17-9-11-19(12-10-17)35(31,32)28-14-13-15-3-1-2-4-20(15)21(28)22(29)27-30/h5-12,15,20-21,30H,1-4,13-14H2,(H,27,29). The van der Waals surface area contributed by atoms with Gasteiger partial charge in [-0.15, -0.1) is 13.2 Å². The Bertz CT molecular complexity index is 1140. The van der Waals surface area contributed by atoms with E-state index < -0.39 is 34.1 Å². The summed E-state index contributed by atoms with van der Waals surface area (Å²) in [7, 11) is -4.05. The Morgan fingerprint density at radius 1 is 0.943 bits per heavy atom. The number of amides is 1. The molecule has 3 atom stereocenters. The summed E-state index contributed by atoms with van der Waals surface area (Å²) in [6.07, 6.45) is -0.556. The molecule has 2 fully saturated rings. The molecule has 1 aliphatic carbocycles. The molecule has 2 aromatic carbocycles. The zero-order chi connectivity index (χ0) is 25.2. The minimum Gasteiger partial charge on any atom is -0.457 e. The van der Waals surface area contributed by atoms with Crippen molar-refractivity contribution in [2.45, 2.75) is 49.4 Å². The number of carbonyl (C=O) groups is 1. The predicted molar refractivity (Wildman–Crippen MR) is 117 cm³/mol. The first kappa shape index (κ1) is 25.3. The van der Waals surface area contributed by atoms with E-state index in [2.05, 4.69) is 4.74 Å². The maximum atomic E-state index is 13.4. The van der Waals surface area contributed by atoms with Crippen LogP contribution in [0, 0.1) is 11.8 Å². The number of ether oxygens (including phenoxy) is 2. The van der Waals surface area contributed by atoms with E-state index in [1.54, 1.807) is 5.48 Å². The van der Waals surface area contributed by atoms with Crippen molar-refractivity contribution in [3.63, 3.8) is 0 Å². The van der Waals surface area contributed by atoms with Crippen molar-refractivity contribution < 1.29 is 41.1 Å². The lowest BCUT2D eigenvalue weighted by Gasteiger charge is -2.45. The topological polar surface area (TPSA) is 105 Å². The van der Waals surface area contributed by atoms with E-state index in [1.165, 1.54) is 40.7 Å². The number of fused-ring (bicyclic) bond motifs is 1. The second-order valence-electron chi connectivity index (χ2n) is 8.63. The number of carbonyl (C=O) groups excluding carboxylic acids is 1. The molecule has 2 aliphatic rings. The van der Waals surface area contributed by atoms with E-state index in [-0.39, 0.29) is 34.8 Å². The second kappa shape index (κ2) is 10.0. The highest BCUT2D eigenvalue weighted by atomic mass is 32.2. The Labute approximate surface area is 200 Å². The monoisotopic (exact) mass is 514 g/mol. The quantitative estimate of drug-likeness (QED) is 0.436. The molecule has 1 aliphatic heterocycles. The second-order valence-corrected chi connectivity index (χ2v) is 10.5. The zero-order valence-corrected chi connectivity index (χ0v) is 19.4. The summed E-state index contributed by atoms with van der Waals surface area (Å²) in [4.78, 5) is 12.5. The molecule has 0 bridgehead atoms. The normalized spacial score (nSPS) is 23.3. The summed E-state index contributed by atoms with van der Waals surface area (Å²) >= 11 is 0. The number of alkyl halides is 3. The van der Waals surface area contributed by atoms with E-state index in [4.69, 9.17) is 4.74 Å². The number of sulfonamides is 1. The van der Waals surface area contributed by atoms with Crippen LogP contribution in [0.4, 0.5) is 13.2 Å². The number of piperidine rings is 1. The molecular formula is C23H25F3N2O6S. The lowest BCUT2D eigenvalue weighted by atomic mass is 9.71. The Morgan fingerprint density at radius 2 is 1.51 bits per heavy atom. The van der Waals surface area contributed by atoms with Gasteiger partial charge in [-0.05, 0) is 73.2 Å². The van der Waals surface area contributed by atoms with Crippen LogP contribution in [0.3, 0.4) is 0 Å². The van der Waals surface area contributed by atoms with Crippen molar-refractivity contribution in [3.8, 4) is 17.2 Å². The van der Waals surface area contributed by atoms with Crippen LogP contribution in [0.2, 0.25) is 0 Å². The molecule has 4 rings (SSSR count). The maximum Gasteiger partial charge on any atom is 0.573 e. The maximum absolute atomic E-state index is 13.4. The largest absolute Gasteiger partial charge is 0.573 e. The van der Waals surface area contributed by atoms with Gasteiger partial charge in [-0.1, -0.05) is 19.3 Å². The van der Waals surface area contributed by atoms with Crippen LogP contribution < -0.4 is 15.0 Å². The summed E-state index contributed by atoms with van der Waals surface area (Å²) < 4.78 is 74.3. The van der Waals surface area contributed by atoms with E-state index in [9.17, 15) is 31.6 Å². The minimum absolute atomic E-state index is 0.0382. The first-order valence-corrected chi connectivity index (χ1v) is 12.6. The van der Waals surface area contributed by atoms with Crippen LogP contribution in [0.25, 0.3) is 0 Å². The smallest absolute Gasteiger partial charge is 0.457 e. The van der Waals surface area contributed by atoms with Gasteiger partial charge in [0.1, 0.15) is 23.3 Å². The van der Waals surface area contributed by atoms with E-state index in [0.717, 1.165) is 31.4 Å². The summed E-state index contributed by atoms with van der Waals surface area (Å²) in [5.74, 6) is -0.552. The average molecular weight is 515 g/mol. The van der Waals surface area contributed by atoms with Crippen LogP contribution >= 0.6 is 0 Å². The van der Waals surface area contributed by atoms with Gasteiger partial charge < -0.3 is 9.47 Å². The van der Waals surface area contributed by atoms with Gasteiger partial charge in [0, 0.05) is 6.54 Å². The molecule has 8 nitrogen and oxygen atoms in total. The SMILES string of the molecule is O=C(NO)C1C2CCCCC2CCN1S(=O)(=O)c1ccc(Oc2ccc(OC(F)(F)F)cc2)cc1. The molecule has 35 heavy (non-hydrogen) atoms. The van der Waals surface area contributed by atoms with Gasteiger partial charge in [0.25, 0.3) is 5.91 Å². The van der Waals surface area contributed by atoms with Crippen LogP contribution in [0.15, 0.2) is 53.4 Å². The summed E-state index contributed by atoms with van der Waals surface area (Å²) in [5, 5.41) is 9.28. The number of hydroxylamine groups is 1. The van der Waals surface area contributed by atoms with Crippen molar-refractivity contribution in [1.29, 1.82) is 0 Å². The summed E-state index contributed by atoms with van der Waals surface area (Å²) in [6, 6.07) is 9.31. The molecule has 2 N–H and O–H groups in total. The van der Waals surface area contributed by atoms with Crippen molar-refractivity contribution in [2.75, 3.05) is 6.54 Å². The number of nitrogens with zero attached hydrogens (tertiary/aromatic N) is 1. The van der Waals surface area contributed by atoms with Crippen molar-refractivity contribution in [2.24, 2.45) is 11.8 Å². The minimum atomic E-state index is -4.80. The van der Waals surface area contributed by atoms with Gasteiger partial charge in [-0.2, -0.15) is 4.31 Å². The third-order valence-electron chi connectivity index (χ3n) is 6.51. The van der Waals surface area contributed by atoms with E-state index in [0.29, 0.717) is 12.8 Å². The number of halogens is 3. The molecule has 1 heterocycles. The van der Waals surface area contributed by atoms with Gasteiger partial charge in [0.15, 0.2) is 0 Å². The Kier molecular flexibility index (Phi) is 7.25. The molecule has 1 saturated carbocycles. The highest BCUT2D eigenvalue weighted by Gasteiger charge is 2.47. The first-order valence-electron chi connectivity index (χ1n) is 11.2. The Balaban J connectivity index is 1.50. The Hall–Kier alpha value is -2.83. The summed E-state index contributed by atoms with van der Waals surface area (Å²) in [6.45, 7) is 0.173. The zero-order valence-electron chi connectivity index (χ0n) is 18.6. The van der Waals surface area contributed by atoms with E-state index >= 15 is 0 Å². The number of rotatable bonds is 6.